The van der Waals surface area contributed by atoms with Gasteiger partial charge in [0.1, 0.15) is 11.9 Å². The number of amides is 1. The number of likely N-dealkylation sites (tertiary alicyclic amines) is 1. The Morgan fingerprint density at radius 2 is 1.92 bits per heavy atom. The summed E-state index contributed by atoms with van der Waals surface area (Å²) in [6.07, 6.45) is 2.62. The Morgan fingerprint density at radius 1 is 1.23 bits per heavy atom. The normalized spacial score (nSPS) is 25.3. The molecule has 26 heavy (non-hydrogen) atoms. The van der Waals surface area contributed by atoms with E-state index in [0.717, 1.165) is 31.4 Å². The highest BCUT2D eigenvalue weighted by Gasteiger charge is 2.43. The molecule has 0 aliphatic carbocycles. The van der Waals surface area contributed by atoms with Crippen LogP contribution >= 0.6 is 0 Å². The zero-order valence-corrected chi connectivity index (χ0v) is 15.4. The van der Waals surface area contributed by atoms with Gasteiger partial charge in [0, 0.05) is 25.9 Å². The topological polar surface area (TPSA) is 79.2 Å². The van der Waals surface area contributed by atoms with Crippen LogP contribution in [0.1, 0.15) is 37.7 Å². The smallest absolute Gasteiger partial charge is 0.222 e. The Hall–Kier alpha value is -1.63. The zero-order valence-electron chi connectivity index (χ0n) is 15.4. The number of ether oxygens (including phenoxy) is 2. The van der Waals surface area contributed by atoms with Crippen LogP contribution in [0, 0.1) is 0 Å². The largest absolute Gasteiger partial charge is 0.497 e. The van der Waals surface area contributed by atoms with Gasteiger partial charge in [-0.1, -0.05) is 12.1 Å². The Balaban J connectivity index is 1.41. The quantitative estimate of drug-likeness (QED) is 0.829. The van der Waals surface area contributed by atoms with E-state index in [1.165, 1.54) is 5.56 Å². The zero-order chi connectivity index (χ0) is 18.6. The van der Waals surface area contributed by atoms with E-state index in [2.05, 4.69) is 0 Å². The third-order valence-corrected chi connectivity index (χ3v) is 5.63. The number of piperidine rings is 1. The molecule has 2 heterocycles. The Morgan fingerprint density at radius 3 is 2.54 bits per heavy atom. The summed E-state index contributed by atoms with van der Waals surface area (Å²) in [7, 11) is 1.65. The first-order valence-electron chi connectivity index (χ1n) is 9.42. The van der Waals surface area contributed by atoms with E-state index in [0.29, 0.717) is 25.9 Å². The number of carbonyl (C=O) groups excluding carboxylic acids is 1. The van der Waals surface area contributed by atoms with Crippen LogP contribution in [0.5, 0.6) is 5.75 Å². The Kier molecular flexibility index (Phi) is 6.16. The molecular weight excluding hydrogens is 334 g/mol. The van der Waals surface area contributed by atoms with Gasteiger partial charge in [0.25, 0.3) is 0 Å². The number of carbonyl (C=O) groups is 1. The third kappa shape index (κ3) is 4.55. The molecule has 1 amide bonds. The second kappa shape index (κ2) is 8.37. The van der Waals surface area contributed by atoms with Crippen molar-refractivity contribution in [2.24, 2.45) is 0 Å². The summed E-state index contributed by atoms with van der Waals surface area (Å²) in [6, 6.07) is 7.95. The molecular formula is C20H29NO5. The van der Waals surface area contributed by atoms with E-state index in [-0.39, 0.29) is 18.1 Å². The number of benzene rings is 1. The molecule has 1 spiro atoms. The highest BCUT2D eigenvalue weighted by atomic mass is 16.5. The average Bonchev–Trinajstić information content (AvgIpc) is 2.66. The lowest BCUT2D eigenvalue weighted by Gasteiger charge is -2.46. The standard InChI is InChI=1S/C20H29NO5/c1-25-16-7-5-15(6-8-16)3-2-4-19(24)21-11-9-20(10-12-21)13-17(22)18(23)14-26-20/h5-8,17-18,22-23H,2-4,9-14H2,1H3/t17-,18+/m1/s1. The van der Waals surface area contributed by atoms with E-state index in [1.54, 1.807) is 7.11 Å². The van der Waals surface area contributed by atoms with Crippen LogP contribution in [-0.2, 0) is 16.0 Å². The van der Waals surface area contributed by atoms with E-state index < -0.39 is 12.2 Å². The Bertz CT molecular complexity index is 595. The van der Waals surface area contributed by atoms with E-state index in [9.17, 15) is 15.0 Å². The number of aliphatic hydroxyl groups excluding tert-OH is 2. The van der Waals surface area contributed by atoms with Gasteiger partial charge in [-0.05, 0) is 43.4 Å². The maximum Gasteiger partial charge on any atom is 0.222 e. The minimum atomic E-state index is -0.793. The highest BCUT2D eigenvalue weighted by Crippen LogP contribution is 2.35. The molecule has 3 rings (SSSR count). The number of methoxy groups -OCH3 is 1. The number of nitrogens with zero attached hydrogens (tertiary/aromatic N) is 1. The summed E-state index contributed by atoms with van der Waals surface area (Å²) >= 11 is 0. The van der Waals surface area contributed by atoms with Crippen molar-refractivity contribution in [3.05, 3.63) is 29.8 Å². The first kappa shape index (κ1) is 19.1. The maximum absolute atomic E-state index is 12.5. The minimum absolute atomic E-state index is 0.178. The van der Waals surface area contributed by atoms with Crippen molar-refractivity contribution in [2.75, 3.05) is 26.8 Å². The molecule has 1 aromatic rings. The second-order valence-electron chi connectivity index (χ2n) is 7.42. The lowest BCUT2D eigenvalue weighted by molar-refractivity contribution is -0.188. The lowest BCUT2D eigenvalue weighted by Crippen LogP contribution is -2.55. The van der Waals surface area contributed by atoms with Crippen molar-refractivity contribution < 1.29 is 24.5 Å². The molecule has 0 bridgehead atoms. The molecule has 0 radical (unpaired) electrons. The van der Waals surface area contributed by atoms with Crippen LogP contribution in [-0.4, -0.2) is 65.6 Å². The number of rotatable bonds is 5. The first-order chi connectivity index (χ1) is 12.5. The first-order valence-corrected chi connectivity index (χ1v) is 9.42. The van der Waals surface area contributed by atoms with Crippen LogP contribution in [0.25, 0.3) is 0 Å². The van der Waals surface area contributed by atoms with Crippen LogP contribution in [0.3, 0.4) is 0 Å². The molecule has 2 saturated heterocycles. The number of hydrogen-bond acceptors (Lipinski definition) is 5. The van der Waals surface area contributed by atoms with Crippen molar-refractivity contribution in [3.63, 3.8) is 0 Å². The average molecular weight is 363 g/mol. The van der Waals surface area contributed by atoms with Gasteiger partial charge in [-0.3, -0.25) is 4.79 Å². The fourth-order valence-electron chi connectivity index (χ4n) is 3.86. The summed E-state index contributed by atoms with van der Waals surface area (Å²) in [6.45, 7) is 1.49. The number of aryl methyl sites for hydroxylation is 1. The van der Waals surface area contributed by atoms with Gasteiger partial charge in [-0.15, -0.1) is 0 Å². The summed E-state index contributed by atoms with van der Waals surface area (Å²) in [4.78, 5) is 14.4. The van der Waals surface area contributed by atoms with Gasteiger partial charge in [-0.2, -0.15) is 0 Å². The monoisotopic (exact) mass is 363 g/mol. The predicted octanol–water partition coefficient (Wildman–Crippen LogP) is 1.52. The summed E-state index contributed by atoms with van der Waals surface area (Å²) < 4.78 is 11.0. The fraction of sp³-hybridized carbons (Fsp3) is 0.650. The molecule has 2 aliphatic rings. The van der Waals surface area contributed by atoms with Crippen molar-refractivity contribution >= 4 is 5.91 Å². The molecule has 6 nitrogen and oxygen atoms in total. The maximum atomic E-state index is 12.5. The van der Waals surface area contributed by atoms with Gasteiger partial charge >= 0.3 is 0 Å². The summed E-state index contributed by atoms with van der Waals surface area (Å²) in [5, 5.41) is 19.5. The van der Waals surface area contributed by atoms with Gasteiger partial charge in [0.05, 0.1) is 25.4 Å². The van der Waals surface area contributed by atoms with E-state index in [4.69, 9.17) is 9.47 Å². The van der Waals surface area contributed by atoms with Crippen LogP contribution in [0.4, 0.5) is 0 Å². The molecule has 144 valence electrons. The second-order valence-corrected chi connectivity index (χ2v) is 7.42. The van der Waals surface area contributed by atoms with Crippen LogP contribution in [0.15, 0.2) is 24.3 Å². The SMILES string of the molecule is COc1ccc(CCCC(=O)N2CCC3(CC2)C[C@@H](O)[C@@H](O)CO3)cc1. The number of hydrogen-bond donors (Lipinski definition) is 2. The molecule has 2 fully saturated rings. The molecule has 2 aliphatic heterocycles. The van der Waals surface area contributed by atoms with Gasteiger partial charge in [0.2, 0.25) is 5.91 Å². The van der Waals surface area contributed by atoms with Crippen LogP contribution in [0.2, 0.25) is 0 Å². The predicted molar refractivity (Wildman–Crippen MR) is 97.1 cm³/mol. The van der Waals surface area contributed by atoms with Gasteiger partial charge in [0.15, 0.2) is 0 Å². The molecule has 0 saturated carbocycles. The Labute approximate surface area is 154 Å². The number of aliphatic hydroxyl groups is 2. The van der Waals surface area contributed by atoms with E-state index in [1.807, 2.05) is 29.2 Å². The van der Waals surface area contributed by atoms with Crippen LogP contribution < -0.4 is 4.74 Å². The molecule has 2 N–H and O–H groups in total. The molecule has 6 heteroatoms. The molecule has 0 unspecified atom stereocenters. The van der Waals surface area contributed by atoms with Gasteiger partial charge in [-0.25, -0.2) is 0 Å². The van der Waals surface area contributed by atoms with Crippen molar-refractivity contribution in [2.45, 2.75) is 56.3 Å². The van der Waals surface area contributed by atoms with Gasteiger partial charge < -0.3 is 24.6 Å². The summed E-state index contributed by atoms with van der Waals surface area (Å²) in [5.41, 5.74) is 0.831. The minimum Gasteiger partial charge on any atom is -0.497 e. The summed E-state index contributed by atoms with van der Waals surface area (Å²) in [5.74, 6) is 1.03. The molecule has 0 aromatic heterocycles. The molecule has 2 atom stereocenters. The lowest BCUT2D eigenvalue weighted by atomic mass is 9.82. The molecule has 1 aromatic carbocycles. The van der Waals surface area contributed by atoms with Crippen molar-refractivity contribution in [1.82, 2.24) is 4.90 Å². The van der Waals surface area contributed by atoms with Crippen molar-refractivity contribution in [1.29, 1.82) is 0 Å². The van der Waals surface area contributed by atoms with Crippen molar-refractivity contribution in [3.8, 4) is 5.75 Å². The highest BCUT2D eigenvalue weighted by molar-refractivity contribution is 5.76. The van der Waals surface area contributed by atoms with E-state index >= 15 is 0 Å². The third-order valence-electron chi connectivity index (χ3n) is 5.63. The fourth-order valence-corrected chi connectivity index (χ4v) is 3.86.